The van der Waals surface area contributed by atoms with Crippen LogP contribution < -0.4 is 10.5 Å². The number of anilines is 1. The summed E-state index contributed by atoms with van der Waals surface area (Å²) >= 11 is 5.54. The molecule has 0 atom stereocenters. The van der Waals surface area contributed by atoms with Crippen molar-refractivity contribution in [2.75, 3.05) is 4.72 Å². The van der Waals surface area contributed by atoms with E-state index in [0.29, 0.717) is 6.54 Å². The fourth-order valence-electron chi connectivity index (χ4n) is 1.58. The average molecular weight is 315 g/mol. The fourth-order valence-corrected chi connectivity index (χ4v) is 2.75. The molecule has 0 aliphatic heterocycles. The summed E-state index contributed by atoms with van der Waals surface area (Å²) in [5, 5.41) is -0.0692. The summed E-state index contributed by atoms with van der Waals surface area (Å²) in [5.74, 6) is -0.689. The van der Waals surface area contributed by atoms with Gasteiger partial charge in [0.2, 0.25) is 0 Å². The van der Waals surface area contributed by atoms with Crippen molar-refractivity contribution < 1.29 is 12.8 Å². The highest BCUT2D eigenvalue weighted by molar-refractivity contribution is 7.92. The van der Waals surface area contributed by atoms with E-state index in [1.54, 1.807) is 12.1 Å². The molecule has 2 rings (SSSR count). The van der Waals surface area contributed by atoms with Crippen LogP contribution in [0.15, 0.2) is 47.4 Å². The molecule has 106 valence electrons. The van der Waals surface area contributed by atoms with Gasteiger partial charge in [-0.25, -0.2) is 12.8 Å². The maximum Gasteiger partial charge on any atom is 0.261 e. The van der Waals surface area contributed by atoms with E-state index >= 15 is 0 Å². The molecule has 20 heavy (non-hydrogen) atoms. The number of halogens is 2. The number of nitrogens with one attached hydrogen (secondary N) is 1. The molecule has 7 heteroatoms. The number of hydrogen-bond acceptors (Lipinski definition) is 3. The molecule has 0 saturated heterocycles. The molecule has 0 unspecified atom stereocenters. The van der Waals surface area contributed by atoms with Gasteiger partial charge in [0.05, 0.1) is 15.6 Å². The van der Waals surface area contributed by atoms with Crippen LogP contribution in [0.2, 0.25) is 5.02 Å². The summed E-state index contributed by atoms with van der Waals surface area (Å²) in [6.07, 6.45) is 0. The second-order valence-electron chi connectivity index (χ2n) is 4.08. The summed E-state index contributed by atoms with van der Waals surface area (Å²) < 4.78 is 39.8. The zero-order valence-electron chi connectivity index (χ0n) is 10.3. The van der Waals surface area contributed by atoms with Gasteiger partial charge >= 0.3 is 0 Å². The van der Waals surface area contributed by atoms with Crippen LogP contribution in [0.25, 0.3) is 0 Å². The van der Waals surface area contributed by atoms with Gasteiger partial charge in [0, 0.05) is 6.54 Å². The number of sulfonamides is 1. The van der Waals surface area contributed by atoms with E-state index in [4.69, 9.17) is 17.3 Å². The van der Waals surface area contributed by atoms with Crippen LogP contribution in [0.1, 0.15) is 5.56 Å². The third-order valence-electron chi connectivity index (χ3n) is 2.64. The monoisotopic (exact) mass is 314 g/mol. The van der Waals surface area contributed by atoms with Gasteiger partial charge in [-0.2, -0.15) is 0 Å². The summed E-state index contributed by atoms with van der Waals surface area (Å²) in [6, 6.07) is 9.82. The van der Waals surface area contributed by atoms with Crippen LogP contribution in [0.3, 0.4) is 0 Å². The molecule has 0 bridgehead atoms. The quantitative estimate of drug-likeness (QED) is 0.911. The molecular weight excluding hydrogens is 303 g/mol. The Morgan fingerprint density at radius 1 is 1.15 bits per heavy atom. The smallest absolute Gasteiger partial charge is 0.261 e. The Kier molecular flexibility index (Phi) is 4.27. The summed E-state index contributed by atoms with van der Waals surface area (Å²) in [6.45, 7) is 0.330. The number of rotatable bonds is 4. The van der Waals surface area contributed by atoms with Crippen molar-refractivity contribution in [3.8, 4) is 0 Å². The first-order valence-electron chi connectivity index (χ1n) is 5.69. The second kappa shape index (κ2) is 5.78. The van der Waals surface area contributed by atoms with Gasteiger partial charge in [-0.05, 0) is 35.9 Å². The predicted octanol–water partition coefficient (Wildman–Crippen LogP) is 2.74. The molecule has 2 aromatic rings. The molecule has 4 nitrogen and oxygen atoms in total. The molecule has 2 aromatic carbocycles. The molecule has 0 heterocycles. The maximum atomic E-state index is 13.3. The van der Waals surface area contributed by atoms with Crippen molar-refractivity contribution in [3.05, 3.63) is 58.9 Å². The topological polar surface area (TPSA) is 72.2 Å². The van der Waals surface area contributed by atoms with Gasteiger partial charge in [-0.3, -0.25) is 4.72 Å². The van der Waals surface area contributed by atoms with Crippen molar-refractivity contribution in [2.24, 2.45) is 5.73 Å². The lowest BCUT2D eigenvalue weighted by Crippen LogP contribution is -2.13. The van der Waals surface area contributed by atoms with Crippen molar-refractivity contribution in [2.45, 2.75) is 11.4 Å². The predicted molar refractivity (Wildman–Crippen MR) is 76.6 cm³/mol. The fraction of sp³-hybridized carbons (Fsp3) is 0.0769. The molecular formula is C13H12ClFN2O2S. The third-order valence-corrected chi connectivity index (χ3v) is 4.34. The highest BCUT2D eigenvalue weighted by Gasteiger charge is 2.14. The van der Waals surface area contributed by atoms with E-state index in [0.717, 1.165) is 11.6 Å². The summed E-state index contributed by atoms with van der Waals surface area (Å²) in [4.78, 5) is 0.0741. The van der Waals surface area contributed by atoms with Gasteiger partial charge in [0.15, 0.2) is 0 Å². The van der Waals surface area contributed by atoms with Crippen molar-refractivity contribution >= 4 is 27.3 Å². The zero-order valence-corrected chi connectivity index (χ0v) is 11.9. The minimum absolute atomic E-state index is 0.0692. The Morgan fingerprint density at radius 3 is 2.35 bits per heavy atom. The molecule has 0 aliphatic rings. The third kappa shape index (κ3) is 3.27. The Morgan fingerprint density at radius 2 is 1.80 bits per heavy atom. The Hall–Kier alpha value is -1.63. The lowest BCUT2D eigenvalue weighted by atomic mass is 10.2. The van der Waals surface area contributed by atoms with Gasteiger partial charge in [0.25, 0.3) is 10.0 Å². The molecule has 0 aliphatic carbocycles. The van der Waals surface area contributed by atoms with E-state index in [-0.39, 0.29) is 15.6 Å². The largest absolute Gasteiger partial charge is 0.326 e. The molecule has 0 saturated carbocycles. The van der Waals surface area contributed by atoms with Crippen molar-refractivity contribution in [1.82, 2.24) is 0 Å². The number of hydrogen-bond donors (Lipinski definition) is 2. The molecule has 0 amide bonds. The van der Waals surface area contributed by atoms with Crippen LogP contribution in [0.5, 0.6) is 0 Å². The minimum Gasteiger partial charge on any atom is -0.326 e. The summed E-state index contributed by atoms with van der Waals surface area (Å²) in [7, 11) is -3.77. The standard InChI is InChI=1S/C13H12ClFN2O2S/c14-12-6-3-10(7-13(12)15)17-20(18,19)11-4-1-9(8-16)2-5-11/h1-7,17H,8,16H2. The normalized spacial score (nSPS) is 11.3. The first kappa shape index (κ1) is 14.8. The molecule has 0 fully saturated rings. The average Bonchev–Trinajstić information content (AvgIpc) is 2.43. The van der Waals surface area contributed by atoms with Gasteiger partial charge in [-0.15, -0.1) is 0 Å². The van der Waals surface area contributed by atoms with E-state index < -0.39 is 15.8 Å². The zero-order chi connectivity index (χ0) is 14.8. The van der Waals surface area contributed by atoms with E-state index in [2.05, 4.69) is 4.72 Å². The number of benzene rings is 2. The van der Waals surface area contributed by atoms with Crippen molar-refractivity contribution in [1.29, 1.82) is 0 Å². The van der Waals surface area contributed by atoms with Crippen molar-refractivity contribution in [3.63, 3.8) is 0 Å². The minimum atomic E-state index is -3.77. The van der Waals surface area contributed by atoms with Crippen LogP contribution in [0, 0.1) is 5.82 Å². The maximum absolute atomic E-state index is 13.3. The summed E-state index contributed by atoms with van der Waals surface area (Å²) in [5.41, 5.74) is 6.37. The number of nitrogens with two attached hydrogens (primary N) is 1. The first-order chi connectivity index (χ1) is 9.42. The lowest BCUT2D eigenvalue weighted by Gasteiger charge is -2.09. The SMILES string of the molecule is NCc1ccc(S(=O)(=O)Nc2ccc(Cl)c(F)c2)cc1. The van der Waals surface area contributed by atoms with Crippen LogP contribution in [-0.2, 0) is 16.6 Å². The lowest BCUT2D eigenvalue weighted by molar-refractivity contribution is 0.601. The Bertz CT molecular complexity index is 718. The van der Waals surface area contributed by atoms with Crippen LogP contribution in [0.4, 0.5) is 10.1 Å². The van der Waals surface area contributed by atoms with Gasteiger partial charge < -0.3 is 5.73 Å². The Balaban J connectivity index is 2.27. The molecule has 0 spiro atoms. The van der Waals surface area contributed by atoms with E-state index in [9.17, 15) is 12.8 Å². The highest BCUT2D eigenvalue weighted by atomic mass is 35.5. The second-order valence-corrected chi connectivity index (χ2v) is 6.17. The van der Waals surface area contributed by atoms with Crippen LogP contribution in [-0.4, -0.2) is 8.42 Å². The van der Waals surface area contributed by atoms with E-state index in [1.807, 2.05) is 0 Å². The van der Waals surface area contributed by atoms with Gasteiger partial charge in [0.1, 0.15) is 5.82 Å². The Labute approximate surface area is 121 Å². The highest BCUT2D eigenvalue weighted by Crippen LogP contribution is 2.21. The van der Waals surface area contributed by atoms with Crippen LogP contribution >= 0.6 is 11.6 Å². The first-order valence-corrected chi connectivity index (χ1v) is 7.55. The molecule has 0 aromatic heterocycles. The molecule has 0 radical (unpaired) electrons. The van der Waals surface area contributed by atoms with E-state index in [1.165, 1.54) is 24.3 Å². The molecule has 3 N–H and O–H groups in total. The van der Waals surface area contributed by atoms with Gasteiger partial charge in [-0.1, -0.05) is 23.7 Å².